The first-order valence-electron chi connectivity index (χ1n) is 17.2. The number of carboxylic acid groups (broad SMARTS) is 4. The first-order valence-corrected chi connectivity index (χ1v) is 17.2. The summed E-state index contributed by atoms with van der Waals surface area (Å²) in [6.07, 6.45) is 15.0. The summed E-state index contributed by atoms with van der Waals surface area (Å²) < 4.78 is 0. The molecule has 7 N–H and O–H groups in total. The molecule has 0 aromatic carbocycles. The third-order valence-electron chi connectivity index (χ3n) is 7.86. The van der Waals surface area contributed by atoms with Crippen molar-refractivity contribution in [2.24, 2.45) is 0 Å². The lowest BCUT2D eigenvalue weighted by Gasteiger charge is -2.22. The zero-order chi connectivity index (χ0) is 35.5. The number of rotatable bonds is 31. The molecule has 47 heavy (non-hydrogen) atoms. The van der Waals surface area contributed by atoms with Crippen molar-refractivity contribution in [2.75, 3.05) is 0 Å². The highest BCUT2D eigenvalue weighted by Crippen LogP contribution is 2.14. The van der Waals surface area contributed by atoms with Crippen LogP contribution in [0.5, 0.6) is 0 Å². The van der Waals surface area contributed by atoms with Crippen LogP contribution < -0.4 is 16.0 Å². The van der Waals surface area contributed by atoms with Crippen LogP contribution in [0.15, 0.2) is 0 Å². The van der Waals surface area contributed by atoms with Gasteiger partial charge in [0.15, 0.2) is 0 Å². The number of hydrogen-bond acceptors (Lipinski definition) is 7. The number of carbonyl (C=O) groups is 7. The third-order valence-corrected chi connectivity index (χ3v) is 7.86. The van der Waals surface area contributed by atoms with Crippen LogP contribution in [0, 0.1) is 0 Å². The zero-order valence-electron chi connectivity index (χ0n) is 27.9. The van der Waals surface area contributed by atoms with Crippen molar-refractivity contribution >= 4 is 41.6 Å². The Labute approximate surface area is 277 Å². The van der Waals surface area contributed by atoms with Crippen molar-refractivity contribution in [3.05, 3.63) is 0 Å². The molecule has 0 aromatic heterocycles. The number of carbonyl (C=O) groups excluding carboxylic acids is 3. The van der Waals surface area contributed by atoms with Crippen LogP contribution in [-0.2, 0) is 33.6 Å². The Morgan fingerprint density at radius 3 is 1.17 bits per heavy atom. The van der Waals surface area contributed by atoms with E-state index in [2.05, 4.69) is 22.9 Å². The fourth-order valence-electron chi connectivity index (χ4n) is 5.06. The molecule has 0 aliphatic rings. The van der Waals surface area contributed by atoms with Gasteiger partial charge in [0.1, 0.15) is 18.1 Å². The van der Waals surface area contributed by atoms with Gasteiger partial charge in [-0.2, -0.15) is 0 Å². The number of nitrogens with one attached hydrogen (secondary N) is 3. The van der Waals surface area contributed by atoms with E-state index in [4.69, 9.17) is 10.2 Å². The van der Waals surface area contributed by atoms with Crippen LogP contribution in [-0.4, -0.2) is 80.2 Å². The molecule has 0 heterocycles. The van der Waals surface area contributed by atoms with Crippen LogP contribution in [0.1, 0.15) is 148 Å². The highest BCUT2D eigenvalue weighted by atomic mass is 16.4. The molecule has 14 heteroatoms. The molecule has 0 saturated carbocycles. The molecule has 0 radical (unpaired) electrons. The van der Waals surface area contributed by atoms with E-state index in [1.165, 1.54) is 64.2 Å². The summed E-state index contributed by atoms with van der Waals surface area (Å²) in [4.78, 5) is 82.7. The average Bonchev–Trinajstić information content (AvgIpc) is 3.00. The maximum Gasteiger partial charge on any atom is 0.326 e. The van der Waals surface area contributed by atoms with Crippen LogP contribution in [0.25, 0.3) is 0 Å². The Hall–Kier alpha value is -3.71. The highest BCUT2D eigenvalue weighted by Gasteiger charge is 2.28. The second kappa shape index (κ2) is 27.4. The molecule has 0 aromatic rings. The second-order valence-electron chi connectivity index (χ2n) is 12.1. The first kappa shape index (κ1) is 43.3. The van der Waals surface area contributed by atoms with Gasteiger partial charge in [0, 0.05) is 25.7 Å². The molecule has 0 saturated heterocycles. The quantitative estimate of drug-likeness (QED) is 0.0511. The van der Waals surface area contributed by atoms with E-state index in [1.54, 1.807) is 0 Å². The molecule has 0 rings (SSSR count). The number of hydrogen-bond donors (Lipinski definition) is 7. The van der Waals surface area contributed by atoms with Gasteiger partial charge in [-0.1, -0.05) is 96.8 Å². The lowest BCUT2D eigenvalue weighted by Crippen LogP contribution is -2.52. The second-order valence-corrected chi connectivity index (χ2v) is 12.1. The topological polar surface area (TPSA) is 236 Å². The molecule has 0 bridgehead atoms. The lowest BCUT2D eigenvalue weighted by atomic mass is 10.0. The predicted octanol–water partition coefficient (Wildman–Crippen LogP) is 4.38. The monoisotopic (exact) mass is 671 g/mol. The van der Waals surface area contributed by atoms with Crippen LogP contribution in [0.4, 0.5) is 0 Å². The van der Waals surface area contributed by atoms with Gasteiger partial charge >= 0.3 is 23.9 Å². The minimum atomic E-state index is -1.55. The van der Waals surface area contributed by atoms with Crippen molar-refractivity contribution in [1.29, 1.82) is 0 Å². The summed E-state index contributed by atoms with van der Waals surface area (Å²) in [6, 6.07) is -4.37. The predicted molar refractivity (Wildman–Crippen MR) is 174 cm³/mol. The summed E-state index contributed by atoms with van der Waals surface area (Å²) in [5.74, 6) is -7.63. The van der Waals surface area contributed by atoms with Crippen LogP contribution in [0.3, 0.4) is 0 Å². The zero-order valence-corrected chi connectivity index (χ0v) is 27.9. The molecule has 3 atom stereocenters. The van der Waals surface area contributed by atoms with E-state index in [9.17, 15) is 43.8 Å². The Balaban J connectivity index is 4.77. The van der Waals surface area contributed by atoms with E-state index in [-0.39, 0.29) is 19.3 Å². The maximum absolute atomic E-state index is 12.9. The Morgan fingerprint density at radius 2 is 0.766 bits per heavy atom. The smallest absolute Gasteiger partial charge is 0.326 e. The molecular weight excluding hydrogens is 614 g/mol. The van der Waals surface area contributed by atoms with Gasteiger partial charge in [-0.25, -0.2) is 9.59 Å². The van der Waals surface area contributed by atoms with Crippen molar-refractivity contribution in [2.45, 2.75) is 166 Å². The minimum absolute atomic E-state index is 0.103. The normalized spacial score (nSPS) is 12.8. The first-order chi connectivity index (χ1) is 22.4. The van der Waals surface area contributed by atoms with Crippen molar-refractivity contribution < 1.29 is 54.0 Å². The molecular formula is C33H57N3O11. The van der Waals surface area contributed by atoms with E-state index in [0.717, 1.165) is 25.7 Å². The Bertz CT molecular complexity index is 973. The summed E-state index contributed by atoms with van der Waals surface area (Å²) in [7, 11) is 0. The molecule has 0 aliphatic carbocycles. The van der Waals surface area contributed by atoms with Gasteiger partial charge in [0.2, 0.25) is 17.7 Å². The Morgan fingerprint density at radius 1 is 0.426 bits per heavy atom. The maximum atomic E-state index is 12.9. The van der Waals surface area contributed by atoms with E-state index in [0.29, 0.717) is 6.42 Å². The van der Waals surface area contributed by atoms with Crippen molar-refractivity contribution in [3.63, 3.8) is 0 Å². The van der Waals surface area contributed by atoms with E-state index in [1.807, 2.05) is 0 Å². The van der Waals surface area contributed by atoms with Crippen LogP contribution in [0.2, 0.25) is 0 Å². The average molecular weight is 672 g/mol. The number of carboxylic acids is 4. The fourth-order valence-corrected chi connectivity index (χ4v) is 5.06. The molecule has 3 amide bonds. The molecule has 14 nitrogen and oxygen atoms in total. The lowest BCUT2D eigenvalue weighted by molar-refractivity contribution is -0.144. The summed E-state index contributed by atoms with van der Waals surface area (Å²) in [6.45, 7) is 2.22. The molecule has 270 valence electrons. The molecule has 0 aliphatic heterocycles. The SMILES string of the molecule is CCCCCCCCCCCCCCCCCC(=O)NC(CCC(=O)NC(CCC(=O)O)C(=O)O)C(=O)NC(CCC(=O)O)C(=O)O. The van der Waals surface area contributed by atoms with Gasteiger partial charge in [-0.05, 0) is 25.7 Å². The fraction of sp³-hybridized carbons (Fsp3) is 0.788. The summed E-state index contributed by atoms with van der Waals surface area (Å²) in [5.41, 5.74) is 0. The van der Waals surface area contributed by atoms with Gasteiger partial charge in [-0.3, -0.25) is 24.0 Å². The van der Waals surface area contributed by atoms with Gasteiger partial charge in [0.25, 0.3) is 0 Å². The van der Waals surface area contributed by atoms with Gasteiger partial charge in [0.05, 0.1) is 0 Å². The van der Waals surface area contributed by atoms with E-state index >= 15 is 0 Å². The highest BCUT2D eigenvalue weighted by molar-refractivity contribution is 5.91. The van der Waals surface area contributed by atoms with Gasteiger partial charge in [-0.15, -0.1) is 0 Å². The van der Waals surface area contributed by atoms with Gasteiger partial charge < -0.3 is 36.4 Å². The van der Waals surface area contributed by atoms with Crippen molar-refractivity contribution in [1.82, 2.24) is 16.0 Å². The molecule has 0 spiro atoms. The standard InChI is InChI=1S/C33H57N3O11/c1-2-3-4-5-6-7-8-9-10-11-12-13-14-15-16-17-27(37)34-24(31(43)36-26(33(46)47)20-23-30(41)42)18-21-28(38)35-25(32(44)45)19-22-29(39)40/h24-26H,2-23H2,1H3,(H,34,37)(H,35,38)(H,36,43)(H,39,40)(H,41,42)(H,44,45)(H,46,47). The number of aliphatic carboxylic acids is 4. The third kappa shape index (κ3) is 25.1. The summed E-state index contributed by atoms with van der Waals surface area (Å²) in [5, 5.41) is 43.3. The number of unbranched alkanes of at least 4 members (excludes halogenated alkanes) is 14. The minimum Gasteiger partial charge on any atom is -0.481 e. The molecule has 3 unspecified atom stereocenters. The summed E-state index contributed by atoms with van der Waals surface area (Å²) >= 11 is 0. The molecule has 0 fully saturated rings. The largest absolute Gasteiger partial charge is 0.481 e. The van der Waals surface area contributed by atoms with E-state index < -0.39 is 85.4 Å². The number of amides is 3. The van der Waals surface area contributed by atoms with Crippen LogP contribution >= 0.6 is 0 Å². The van der Waals surface area contributed by atoms with Crippen molar-refractivity contribution in [3.8, 4) is 0 Å². The Kier molecular flexibility index (Phi) is 25.2.